The molecule has 2 aliphatic heterocycles. The van der Waals surface area contributed by atoms with Crippen LogP contribution in [0.1, 0.15) is 36.3 Å². The zero-order valence-electron chi connectivity index (χ0n) is 27.4. The van der Waals surface area contributed by atoms with Gasteiger partial charge in [-0.2, -0.15) is 0 Å². The summed E-state index contributed by atoms with van der Waals surface area (Å²) in [6.07, 6.45) is 14.9. The number of aromatic nitrogens is 2. The predicted octanol–water partition coefficient (Wildman–Crippen LogP) is 9.78. The van der Waals surface area contributed by atoms with E-state index in [1.54, 1.807) is 0 Å². The fourth-order valence-electron chi connectivity index (χ4n) is 7.80. The number of fused-ring (bicyclic) bond motifs is 7. The van der Waals surface area contributed by atoms with Gasteiger partial charge in [-0.05, 0) is 48.8 Å². The first kappa shape index (κ1) is 28.6. The number of hydrogen-bond donors (Lipinski definition) is 2. The number of aliphatic imine (C=N–C) groups is 2. The normalized spacial score (nSPS) is 18.9. The molecule has 0 bridgehead atoms. The van der Waals surface area contributed by atoms with Gasteiger partial charge in [-0.1, -0.05) is 121 Å². The molecular formula is C44H34N6. The van der Waals surface area contributed by atoms with E-state index in [-0.39, 0.29) is 12.3 Å². The van der Waals surface area contributed by atoms with Gasteiger partial charge >= 0.3 is 0 Å². The maximum atomic E-state index is 5.10. The summed E-state index contributed by atoms with van der Waals surface area (Å²) in [5.41, 5.74) is 9.28. The van der Waals surface area contributed by atoms with E-state index >= 15 is 0 Å². The molecule has 0 amide bonds. The maximum Gasteiger partial charge on any atom is 0.160 e. The molecule has 0 saturated carbocycles. The summed E-state index contributed by atoms with van der Waals surface area (Å²) in [6.45, 7) is 0. The second-order valence-electron chi connectivity index (χ2n) is 13.0. The molecule has 50 heavy (non-hydrogen) atoms. The Labute approximate surface area is 289 Å². The molecule has 4 heterocycles. The quantitative estimate of drug-likeness (QED) is 0.196. The standard InChI is InChI=1S/C44H34N6/c1-4-14-29(15-5-1)42-46-43(30-16-6-2-7-17-30)48-44(47-42)31-24-27-39(45-28-31)50-38-23-13-11-21-34(38)36-26-25-35-33-20-10-12-22-37(33)49(40(35)41(36)50)32-18-8-3-9-19-32/h1-8,10-18,20-28,39,42,45H,9,19H2,(H,46,47,48). The summed E-state index contributed by atoms with van der Waals surface area (Å²) in [6, 6.07) is 42.8. The Morgan fingerprint density at radius 3 is 2.12 bits per heavy atom. The van der Waals surface area contributed by atoms with Crippen LogP contribution in [-0.2, 0) is 0 Å². The molecule has 2 unspecified atom stereocenters. The number of benzene rings is 5. The van der Waals surface area contributed by atoms with Gasteiger partial charge in [0.05, 0.1) is 22.1 Å². The van der Waals surface area contributed by atoms with Crippen LogP contribution in [0.5, 0.6) is 0 Å². The second kappa shape index (κ2) is 11.6. The average Bonchev–Trinajstić information content (AvgIpc) is 3.72. The smallest absolute Gasteiger partial charge is 0.160 e. The summed E-state index contributed by atoms with van der Waals surface area (Å²) in [5, 5.41) is 12.4. The number of dihydropyridines is 1. The molecule has 2 N–H and O–H groups in total. The Hall–Kier alpha value is -6.40. The molecule has 6 heteroatoms. The van der Waals surface area contributed by atoms with Crippen LogP contribution in [0.3, 0.4) is 0 Å². The fraction of sp³-hybridized carbons (Fsp3) is 0.0909. The van der Waals surface area contributed by atoms with E-state index in [0.29, 0.717) is 5.84 Å². The zero-order chi connectivity index (χ0) is 33.0. The zero-order valence-corrected chi connectivity index (χ0v) is 27.4. The molecule has 7 aromatic rings. The van der Waals surface area contributed by atoms with E-state index in [1.165, 1.54) is 49.3 Å². The van der Waals surface area contributed by atoms with Crippen LogP contribution in [0.15, 0.2) is 173 Å². The highest BCUT2D eigenvalue weighted by molar-refractivity contribution is 6.23. The third-order valence-electron chi connectivity index (χ3n) is 10.1. The predicted molar refractivity (Wildman–Crippen MR) is 207 cm³/mol. The van der Waals surface area contributed by atoms with E-state index in [9.17, 15) is 0 Å². The lowest BCUT2D eigenvalue weighted by atomic mass is 10.1. The summed E-state index contributed by atoms with van der Waals surface area (Å²) in [4.78, 5) is 10.1. The van der Waals surface area contributed by atoms with Crippen LogP contribution in [0, 0.1) is 0 Å². The lowest BCUT2D eigenvalue weighted by Crippen LogP contribution is -2.34. The van der Waals surface area contributed by atoms with Crippen LogP contribution in [0.4, 0.5) is 0 Å². The first-order chi connectivity index (χ1) is 24.8. The van der Waals surface area contributed by atoms with E-state index < -0.39 is 0 Å². The molecule has 2 aromatic heterocycles. The molecule has 1 aliphatic carbocycles. The maximum absolute atomic E-state index is 5.10. The molecule has 0 fully saturated rings. The van der Waals surface area contributed by atoms with Gasteiger partial charge in [-0.15, -0.1) is 0 Å². The highest BCUT2D eigenvalue weighted by atomic mass is 15.2. The molecule has 5 aromatic carbocycles. The Balaban J connectivity index is 1.13. The third kappa shape index (κ3) is 4.56. The van der Waals surface area contributed by atoms with E-state index in [0.717, 1.165) is 35.4 Å². The van der Waals surface area contributed by atoms with Gasteiger partial charge in [0.2, 0.25) is 0 Å². The largest absolute Gasteiger partial charge is 0.367 e. The molecule has 0 saturated heterocycles. The third-order valence-corrected chi connectivity index (χ3v) is 10.1. The number of para-hydroxylation sites is 2. The van der Waals surface area contributed by atoms with Crippen molar-refractivity contribution in [1.82, 2.24) is 19.8 Å². The van der Waals surface area contributed by atoms with Crippen molar-refractivity contribution in [2.75, 3.05) is 0 Å². The van der Waals surface area contributed by atoms with Crippen LogP contribution >= 0.6 is 0 Å². The molecule has 0 spiro atoms. The van der Waals surface area contributed by atoms with Gasteiger partial charge in [-0.3, -0.25) is 0 Å². The highest BCUT2D eigenvalue weighted by Gasteiger charge is 2.26. The van der Waals surface area contributed by atoms with Crippen molar-refractivity contribution < 1.29 is 0 Å². The number of allylic oxidation sites excluding steroid dienone is 4. The first-order valence-corrected chi connectivity index (χ1v) is 17.3. The summed E-state index contributed by atoms with van der Waals surface area (Å²) in [7, 11) is 0. The molecular weight excluding hydrogens is 613 g/mol. The minimum Gasteiger partial charge on any atom is -0.367 e. The van der Waals surface area contributed by atoms with Gasteiger partial charge in [-0.25, -0.2) is 9.98 Å². The van der Waals surface area contributed by atoms with Gasteiger partial charge in [0.15, 0.2) is 5.84 Å². The molecule has 6 nitrogen and oxygen atoms in total. The second-order valence-corrected chi connectivity index (χ2v) is 13.0. The van der Waals surface area contributed by atoms with Crippen molar-refractivity contribution in [3.8, 4) is 0 Å². The van der Waals surface area contributed by atoms with Crippen molar-refractivity contribution in [3.05, 3.63) is 175 Å². The molecule has 3 aliphatic rings. The van der Waals surface area contributed by atoms with E-state index in [1.807, 2.05) is 24.3 Å². The Morgan fingerprint density at radius 2 is 1.38 bits per heavy atom. The SMILES string of the molecule is C1=CCCC(n2c3ccccc3c3ccc4c5ccccc5n(C5C=CC(C6=NC(c7ccccc7)NC(c7ccccc7)=N6)=CN5)c4c32)=C1. The van der Waals surface area contributed by atoms with Gasteiger partial charge in [0.1, 0.15) is 18.2 Å². The minimum absolute atomic E-state index is 0.122. The summed E-state index contributed by atoms with van der Waals surface area (Å²) in [5.74, 6) is 1.51. The van der Waals surface area contributed by atoms with Crippen molar-refractivity contribution in [1.29, 1.82) is 0 Å². The lowest BCUT2D eigenvalue weighted by molar-refractivity contribution is 0.576. The molecule has 2 atom stereocenters. The fourth-order valence-corrected chi connectivity index (χ4v) is 7.80. The Kier molecular flexibility index (Phi) is 6.65. The van der Waals surface area contributed by atoms with Crippen LogP contribution < -0.4 is 10.6 Å². The van der Waals surface area contributed by atoms with E-state index in [4.69, 9.17) is 9.98 Å². The number of nitrogens with one attached hydrogen (secondary N) is 2. The highest BCUT2D eigenvalue weighted by Crippen LogP contribution is 2.42. The van der Waals surface area contributed by atoms with E-state index in [2.05, 4.69) is 153 Å². The minimum atomic E-state index is -0.248. The topological polar surface area (TPSA) is 58.6 Å². The first-order valence-electron chi connectivity index (χ1n) is 17.3. The Bertz CT molecular complexity index is 2650. The molecule has 10 rings (SSSR count). The summed E-state index contributed by atoms with van der Waals surface area (Å²) < 4.78 is 4.98. The molecule has 0 radical (unpaired) electrons. The number of amidine groups is 2. The Morgan fingerprint density at radius 1 is 0.680 bits per heavy atom. The summed E-state index contributed by atoms with van der Waals surface area (Å²) >= 11 is 0. The van der Waals surface area contributed by atoms with Crippen molar-refractivity contribution in [2.45, 2.75) is 25.2 Å². The van der Waals surface area contributed by atoms with Gasteiger partial charge < -0.3 is 19.8 Å². The van der Waals surface area contributed by atoms with Crippen LogP contribution in [0.2, 0.25) is 0 Å². The monoisotopic (exact) mass is 646 g/mol. The van der Waals surface area contributed by atoms with Gasteiger partial charge in [0, 0.05) is 44.6 Å². The number of hydrogen-bond acceptors (Lipinski definition) is 4. The van der Waals surface area contributed by atoms with Gasteiger partial charge in [0.25, 0.3) is 0 Å². The number of rotatable bonds is 5. The van der Waals surface area contributed by atoms with Crippen molar-refractivity contribution in [3.63, 3.8) is 0 Å². The molecule has 240 valence electrons. The number of nitrogens with zero attached hydrogens (tertiary/aromatic N) is 4. The van der Waals surface area contributed by atoms with Crippen LogP contribution in [-0.4, -0.2) is 20.8 Å². The lowest BCUT2D eigenvalue weighted by Gasteiger charge is -2.26. The van der Waals surface area contributed by atoms with Crippen LogP contribution in [0.25, 0.3) is 49.3 Å². The van der Waals surface area contributed by atoms with Crippen molar-refractivity contribution in [2.24, 2.45) is 9.98 Å². The van der Waals surface area contributed by atoms with Crippen molar-refractivity contribution >= 4 is 61.0 Å². The average molecular weight is 647 g/mol.